The minimum Gasteiger partial charge on any atom is -0.447 e. The number of ether oxygens (including phenoxy) is 1. The van der Waals surface area contributed by atoms with Crippen LogP contribution in [0.1, 0.15) is 12.8 Å². The number of anilines is 2. The van der Waals surface area contributed by atoms with E-state index in [-0.39, 0.29) is 6.09 Å². The van der Waals surface area contributed by atoms with Gasteiger partial charge >= 0.3 is 6.09 Å². The van der Waals surface area contributed by atoms with Crippen LogP contribution in [0.3, 0.4) is 0 Å². The number of benzene rings is 1. The summed E-state index contributed by atoms with van der Waals surface area (Å²) >= 11 is 0. The Morgan fingerprint density at radius 1 is 1.00 bits per heavy atom. The van der Waals surface area contributed by atoms with Gasteiger partial charge in [-0.1, -0.05) is 12.1 Å². The molecule has 0 N–H and O–H groups in total. The van der Waals surface area contributed by atoms with E-state index in [4.69, 9.17) is 4.74 Å². The van der Waals surface area contributed by atoms with E-state index in [0.717, 1.165) is 24.5 Å². The van der Waals surface area contributed by atoms with Crippen molar-refractivity contribution in [2.24, 2.45) is 0 Å². The summed E-state index contributed by atoms with van der Waals surface area (Å²) in [6.07, 6.45) is 2.24. The molecular weight excluding hydrogens is 216 g/mol. The van der Waals surface area contributed by atoms with Gasteiger partial charge in [0.15, 0.2) is 0 Å². The van der Waals surface area contributed by atoms with Crippen LogP contribution in [0.15, 0.2) is 24.3 Å². The van der Waals surface area contributed by atoms with Crippen LogP contribution in [0.5, 0.6) is 0 Å². The first-order valence-electron chi connectivity index (χ1n) is 6.14. The smallest absolute Gasteiger partial charge is 0.414 e. The fraction of sp³-hybridized carbons (Fsp3) is 0.462. The summed E-state index contributed by atoms with van der Waals surface area (Å²) in [5.74, 6) is 0. The molecule has 0 spiro atoms. The lowest BCUT2D eigenvalue weighted by Gasteiger charge is -2.24. The first-order chi connectivity index (χ1) is 8.36. The zero-order valence-electron chi connectivity index (χ0n) is 9.76. The van der Waals surface area contributed by atoms with E-state index in [1.807, 2.05) is 18.2 Å². The Hall–Kier alpha value is -1.71. The summed E-state index contributed by atoms with van der Waals surface area (Å²) < 4.78 is 5.01. The summed E-state index contributed by atoms with van der Waals surface area (Å²) in [6.45, 7) is 3.32. The maximum atomic E-state index is 11.6. The third-order valence-corrected chi connectivity index (χ3v) is 3.38. The predicted molar refractivity (Wildman–Crippen MR) is 66.6 cm³/mol. The molecule has 1 aromatic rings. The monoisotopic (exact) mass is 232 g/mol. The third-order valence-electron chi connectivity index (χ3n) is 3.38. The highest BCUT2D eigenvalue weighted by molar-refractivity contribution is 5.93. The van der Waals surface area contributed by atoms with Crippen molar-refractivity contribution in [3.8, 4) is 0 Å². The molecule has 2 saturated heterocycles. The lowest BCUT2D eigenvalue weighted by atomic mass is 10.2. The highest BCUT2D eigenvalue weighted by Gasteiger charge is 2.27. The fourth-order valence-electron chi connectivity index (χ4n) is 2.53. The summed E-state index contributed by atoms with van der Waals surface area (Å²) in [4.78, 5) is 15.7. The molecule has 2 aliphatic heterocycles. The van der Waals surface area contributed by atoms with Crippen LogP contribution in [-0.2, 0) is 4.74 Å². The van der Waals surface area contributed by atoms with Crippen LogP contribution >= 0.6 is 0 Å². The highest BCUT2D eigenvalue weighted by Crippen LogP contribution is 2.32. The molecule has 0 atom stereocenters. The van der Waals surface area contributed by atoms with Crippen molar-refractivity contribution in [3.63, 3.8) is 0 Å². The Labute approximate surface area is 101 Å². The van der Waals surface area contributed by atoms with Gasteiger partial charge in [0.2, 0.25) is 0 Å². The number of carbonyl (C=O) groups is 1. The van der Waals surface area contributed by atoms with E-state index in [1.165, 1.54) is 12.8 Å². The minimum absolute atomic E-state index is 0.225. The van der Waals surface area contributed by atoms with Gasteiger partial charge in [-0.25, -0.2) is 4.79 Å². The molecule has 2 heterocycles. The lowest BCUT2D eigenvalue weighted by Crippen LogP contribution is -2.27. The van der Waals surface area contributed by atoms with Gasteiger partial charge in [-0.05, 0) is 25.0 Å². The third kappa shape index (κ3) is 1.84. The molecule has 4 nitrogen and oxygen atoms in total. The number of carbonyl (C=O) groups excluding carboxylic acids is 1. The van der Waals surface area contributed by atoms with Crippen molar-refractivity contribution >= 4 is 17.5 Å². The second-order valence-corrected chi connectivity index (χ2v) is 4.45. The van der Waals surface area contributed by atoms with Crippen molar-refractivity contribution in [1.82, 2.24) is 0 Å². The summed E-state index contributed by atoms with van der Waals surface area (Å²) in [5.41, 5.74) is 2.14. The van der Waals surface area contributed by atoms with Crippen LogP contribution in [0.4, 0.5) is 16.2 Å². The number of rotatable bonds is 2. The van der Waals surface area contributed by atoms with Crippen molar-refractivity contribution in [1.29, 1.82) is 0 Å². The Balaban J connectivity index is 1.95. The summed E-state index contributed by atoms with van der Waals surface area (Å²) in [6, 6.07) is 8.09. The second-order valence-electron chi connectivity index (χ2n) is 4.45. The van der Waals surface area contributed by atoms with E-state index >= 15 is 0 Å². The van der Waals surface area contributed by atoms with E-state index in [2.05, 4.69) is 11.0 Å². The quantitative estimate of drug-likeness (QED) is 0.784. The van der Waals surface area contributed by atoms with Crippen LogP contribution in [0.25, 0.3) is 0 Å². The van der Waals surface area contributed by atoms with Gasteiger partial charge in [-0.2, -0.15) is 0 Å². The largest absolute Gasteiger partial charge is 0.447 e. The van der Waals surface area contributed by atoms with Crippen LogP contribution < -0.4 is 9.80 Å². The molecule has 90 valence electrons. The molecule has 17 heavy (non-hydrogen) atoms. The van der Waals surface area contributed by atoms with Crippen molar-refractivity contribution in [2.45, 2.75) is 12.8 Å². The van der Waals surface area contributed by atoms with Gasteiger partial charge in [0.05, 0.1) is 17.9 Å². The topological polar surface area (TPSA) is 32.8 Å². The molecule has 3 rings (SSSR count). The molecule has 2 fully saturated rings. The predicted octanol–water partition coefficient (Wildman–Crippen LogP) is 2.24. The van der Waals surface area contributed by atoms with Crippen molar-refractivity contribution in [2.75, 3.05) is 36.0 Å². The highest BCUT2D eigenvalue weighted by atomic mass is 16.6. The standard InChI is InChI=1S/C13H16N2O2/c16-13-15(9-10-17-13)12-6-2-1-5-11(12)14-7-3-4-8-14/h1-2,5-6H,3-4,7-10H2. The maximum Gasteiger partial charge on any atom is 0.414 e. The molecule has 1 aromatic carbocycles. The number of para-hydroxylation sites is 2. The average Bonchev–Trinajstić information content (AvgIpc) is 3.00. The first-order valence-corrected chi connectivity index (χ1v) is 6.14. The van der Waals surface area contributed by atoms with E-state index in [0.29, 0.717) is 13.2 Å². The summed E-state index contributed by atoms with van der Waals surface area (Å²) in [7, 11) is 0. The number of amides is 1. The number of nitrogens with zero attached hydrogens (tertiary/aromatic N) is 2. The van der Waals surface area contributed by atoms with E-state index < -0.39 is 0 Å². The normalized spacial score (nSPS) is 19.9. The first kappa shape index (κ1) is 10.4. The Morgan fingerprint density at radius 3 is 2.35 bits per heavy atom. The number of cyclic esters (lactones) is 1. The molecule has 0 aliphatic carbocycles. The van der Waals surface area contributed by atoms with Gasteiger partial charge in [-0.15, -0.1) is 0 Å². The molecule has 0 bridgehead atoms. The van der Waals surface area contributed by atoms with Crippen LogP contribution in [0, 0.1) is 0 Å². The molecule has 0 radical (unpaired) electrons. The van der Waals surface area contributed by atoms with Gasteiger partial charge in [0.25, 0.3) is 0 Å². The Kier molecular flexibility index (Phi) is 2.63. The van der Waals surface area contributed by atoms with Gasteiger partial charge < -0.3 is 9.64 Å². The fourth-order valence-corrected chi connectivity index (χ4v) is 2.53. The summed E-state index contributed by atoms with van der Waals surface area (Å²) in [5, 5.41) is 0. The molecule has 2 aliphatic rings. The van der Waals surface area contributed by atoms with E-state index in [9.17, 15) is 4.79 Å². The van der Waals surface area contributed by atoms with Gasteiger partial charge in [0.1, 0.15) is 6.61 Å². The van der Waals surface area contributed by atoms with Gasteiger partial charge in [-0.3, -0.25) is 4.90 Å². The molecular formula is C13H16N2O2. The van der Waals surface area contributed by atoms with Crippen LogP contribution in [-0.4, -0.2) is 32.3 Å². The molecule has 0 aromatic heterocycles. The Morgan fingerprint density at radius 2 is 1.71 bits per heavy atom. The molecule has 0 saturated carbocycles. The lowest BCUT2D eigenvalue weighted by molar-refractivity contribution is 0.181. The SMILES string of the molecule is O=C1OCCN1c1ccccc1N1CCCC1. The van der Waals surface area contributed by atoms with Crippen molar-refractivity contribution in [3.05, 3.63) is 24.3 Å². The minimum atomic E-state index is -0.225. The number of hydrogen-bond donors (Lipinski definition) is 0. The zero-order valence-corrected chi connectivity index (χ0v) is 9.76. The maximum absolute atomic E-state index is 11.6. The van der Waals surface area contributed by atoms with Gasteiger partial charge in [0, 0.05) is 13.1 Å². The molecule has 1 amide bonds. The molecule has 0 unspecified atom stereocenters. The average molecular weight is 232 g/mol. The van der Waals surface area contributed by atoms with Crippen LogP contribution in [0.2, 0.25) is 0 Å². The molecule has 4 heteroatoms. The Bertz CT molecular complexity index is 427. The number of hydrogen-bond acceptors (Lipinski definition) is 3. The second kappa shape index (κ2) is 4.28. The zero-order chi connectivity index (χ0) is 11.7. The van der Waals surface area contributed by atoms with Crippen molar-refractivity contribution < 1.29 is 9.53 Å². The van der Waals surface area contributed by atoms with E-state index in [1.54, 1.807) is 4.90 Å².